The van der Waals surface area contributed by atoms with Crippen molar-refractivity contribution in [3.8, 4) is 0 Å². The van der Waals surface area contributed by atoms with Gasteiger partial charge in [0.1, 0.15) is 30.2 Å². The number of nitrogens with zero attached hydrogens (tertiary/aromatic N) is 4. The van der Waals surface area contributed by atoms with Crippen LogP contribution in [0.1, 0.15) is 6.23 Å². The van der Waals surface area contributed by atoms with E-state index in [1.165, 1.54) is 10.9 Å². The highest BCUT2D eigenvalue weighted by molar-refractivity contribution is 7.68. The van der Waals surface area contributed by atoms with Crippen molar-refractivity contribution in [2.75, 3.05) is 12.3 Å². The molecule has 18 nitrogen and oxygen atoms in total. The fraction of sp³-hybridized carbons (Fsp3) is 0.500. The van der Waals surface area contributed by atoms with Crippen molar-refractivity contribution in [2.45, 2.75) is 24.5 Å². The monoisotopic (exact) mass is 506 g/mol. The van der Waals surface area contributed by atoms with Gasteiger partial charge in [0.25, 0.3) is 0 Å². The van der Waals surface area contributed by atoms with Crippen LogP contribution in [0.3, 0.4) is 0 Å². The summed E-state index contributed by atoms with van der Waals surface area (Å²) >= 11 is 0. The van der Waals surface area contributed by atoms with Crippen LogP contribution >= 0.6 is 23.4 Å². The molecule has 0 bridgehead atoms. The molecule has 1 aliphatic heterocycles. The summed E-state index contributed by atoms with van der Waals surface area (Å²) in [5, 5.41) is 20.5. The van der Waals surface area contributed by atoms with Gasteiger partial charge in [-0.25, -0.2) is 34.2 Å². The first kappa shape index (κ1) is 24.3. The molecule has 0 spiro atoms. The number of aliphatic hydroxyl groups is 2. The smallest absolute Gasteiger partial charge is 0.387 e. The minimum Gasteiger partial charge on any atom is -0.387 e. The Morgan fingerprint density at radius 1 is 1.10 bits per heavy atom. The average molecular weight is 506 g/mol. The minimum absolute atomic E-state index is 0.0544. The van der Waals surface area contributed by atoms with E-state index >= 15 is 0 Å². The van der Waals surface area contributed by atoms with Gasteiger partial charge in [-0.3, -0.25) is 9.09 Å². The van der Waals surface area contributed by atoms with Gasteiger partial charge in [-0.05, 0) is 0 Å². The standard InChI is InChI=1S/C10H17N6O12P3/c11-8-5-9(14-2-13-8)16(3-15-5)10-7(18)6(17)4(26-10)1-25-31(23,24)28-29(12,19)27-30(20,21)22/h2-4,6-7,10,17-18H,1H2,(H2,12,19)(H,23,24)(H2,11,13,14)(H2,20,21,22). The number of aromatic nitrogens is 4. The minimum atomic E-state index is -5.42. The van der Waals surface area contributed by atoms with Gasteiger partial charge in [-0.2, -0.15) is 8.62 Å². The lowest BCUT2D eigenvalue weighted by molar-refractivity contribution is -0.0501. The Morgan fingerprint density at radius 2 is 1.77 bits per heavy atom. The van der Waals surface area contributed by atoms with E-state index in [-0.39, 0.29) is 17.0 Å². The Labute approximate surface area is 172 Å². The van der Waals surface area contributed by atoms with Crippen LogP contribution < -0.4 is 11.2 Å². The lowest BCUT2D eigenvalue weighted by Gasteiger charge is -2.19. The lowest BCUT2D eigenvalue weighted by Crippen LogP contribution is -2.33. The average Bonchev–Trinajstić information content (AvgIpc) is 3.13. The molecule has 1 fully saturated rings. The summed E-state index contributed by atoms with van der Waals surface area (Å²) in [6, 6.07) is 0. The van der Waals surface area contributed by atoms with Gasteiger partial charge >= 0.3 is 23.4 Å². The number of fused-ring (bicyclic) bond motifs is 1. The van der Waals surface area contributed by atoms with Crippen LogP contribution in [0, 0.1) is 0 Å². The molecule has 9 N–H and O–H groups in total. The first-order chi connectivity index (χ1) is 14.2. The van der Waals surface area contributed by atoms with Gasteiger partial charge in [0.2, 0.25) is 0 Å². The normalized spacial score (nSPS) is 28.5. The third kappa shape index (κ3) is 5.71. The molecule has 0 saturated carbocycles. The number of hydrogen-bond acceptors (Lipinski definition) is 13. The number of hydrogen-bond donors (Lipinski definition) is 7. The molecule has 0 aromatic carbocycles. The molecule has 1 aliphatic rings. The zero-order chi connectivity index (χ0) is 23.2. The quantitative estimate of drug-likeness (QED) is 0.197. The summed E-state index contributed by atoms with van der Waals surface area (Å²) in [4.78, 5) is 38.4. The summed E-state index contributed by atoms with van der Waals surface area (Å²) in [5.41, 5.74) is 10.9. The summed E-state index contributed by atoms with van der Waals surface area (Å²) in [6.07, 6.45) is -3.54. The molecule has 21 heteroatoms. The molecular formula is C10H17N6O12P3. The first-order valence-electron chi connectivity index (χ1n) is 7.98. The van der Waals surface area contributed by atoms with Crippen LogP contribution in [0.4, 0.5) is 5.82 Å². The maximum atomic E-state index is 11.9. The maximum absolute atomic E-state index is 11.9. The van der Waals surface area contributed by atoms with Gasteiger partial charge in [-0.1, -0.05) is 0 Å². The van der Waals surface area contributed by atoms with Gasteiger partial charge in [0.15, 0.2) is 17.7 Å². The molecule has 3 rings (SSSR count). The number of ether oxygens (including phenoxy) is 1. The molecule has 0 radical (unpaired) electrons. The number of aliphatic hydroxyl groups excluding tert-OH is 2. The molecule has 3 heterocycles. The molecular weight excluding hydrogens is 489 g/mol. The van der Waals surface area contributed by atoms with E-state index in [0.29, 0.717) is 0 Å². The van der Waals surface area contributed by atoms with E-state index < -0.39 is 54.5 Å². The predicted molar refractivity (Wildman–Crippen MR) is 97.4 cm³/mol. The highest BCUT2D eigenvalue weighted by Crippen LogP contribution is 2.64. The van der Waals surface area contributed by atoms with Crippen molar-refractivity contribution in [3.05, 3.63) is 12.7 Å². The van der Waals surface area contributed by atoms with Gasteiger partial charge in [-0.15, -0.1) is 0 Å². The number of imidazole rings is 1. The highest BCUT2D eigenvalue weighted by Gasteiger charge is 2.46. The molecule has 6 unspecified atom stereocenters. The zero-order valence-electron chi connectivity index (χ0n) is 15.1. The van der Waals surface area contributed by atoms with Crippen molar-refractivity contribution in [2.24, 2.45) is 5.50 Å². The number of anilines is 1. The second-order valence-corrected chi connectivity index (χ2v) is 10.6. The van der Waals surface area contributed by atoms with E-state index in [1.807, 2.05) is 0 Å². The summed E-state index contributed by atoms with van der Waals surface area (Å²) < 4.78 is 52.8. The third-order valence-electron chi connectivity index (χ3n) is 3.84. The number of nitrogen functional groups attached to an aromatic ring is 1. The second-order valence-electron chi connectivity index (χ2n) is 6.09. The number of phosphoric ester groups is 1. The molecule has 1 saturated heterocycles. The molecule has 6 atom stereocenters. The van der Waals surface area contributed by atoms with Crippen molar-refractivity contribution < 1.29 is 56.5 Å². The van der Waals surface area contributed by atoms with Gasteiger partial charge in [0, 0.05) is 0 Å². The van der Waals surface area contributed by atoms with Gasteiger partial charge < -0.3 is 35.4 Å². The van der Waals surface area contributed by atoms with E-state index in [2.05, 4.69) is 28.1 Å². The van der Waals surface area contributed by atoms with Crippen LogP contribution in [0.15, 0.2) is 12.7 Å². The SMILES string of the molecule is Nc1ncnc2c1ncn2C1OC(COP(=O)(O)OP(N)(=O)OP(=O)(O)O)C(O)C1O. The van der Waals surface area contributed by atoms with Crippen molar-refractivity contribution in [3.63, 3.8) is 0 Å². The van der Waals surface area contributed by atoms with Crippen molar-refractivity contribution >= 4 is 40.4 Å². The summed E-state index contributed by atoms with van der Waals surface area (Å²) in [7, 11) is -15.9. The number of rotatable bonds is 8. The molecule has 2 aromatic heterocycles. The Balaban J connectivity index is 1.69. The zero-order valence-corrected chi connectivity index (χ0v) is 17.7. The van der Waals surface area contributed by atoms with Crippen LogP contribution in [-0.4, -0.2) is 69.3 Å². The Morgan fingerprint density at radius 3 is 2.42 bits per heavy atom. The fourth-order valence-electron chi connectivity index (χ4n) is 2.65. The van der Waals surface area contributed by atoms with Gasteiger partial charge in [0.05, 0.1) is 12.9 Å². The number of nitrogens with two attached hydrogens (primary N) is 2. The first-order valence-corrected chi connectivity index (χ1v) is 12.6. The van der Waals surface area contributed by atoms with Crippen molar-refractivity contribution in [1.82, 2.24) is 19.5 Å². The maximum Gasteiger partial charge on any atom is 0.480 e. The predicted octanol–water partition coefficient (Wildman–Crippen LogP) is -1.66. The fourth-order valence-corrected chi connectivity index (χ4v) is 5.90. The Kier molecular flexibility index (Phi) is 6.68. The molecule has 174 valence electrons. The van der Waals surface area contributed by atoms with Crippen LogP contribution in [0.5, 0.6) is 0 Å². The van der Waals surface area contributed by atoms with E-state index in [1.54, 1.807) is 0 Å². The topological polar surface area (TPSA) is 285 Å². The van der Waals surface area contributed by atoms with Crippen LogP contribution in [-0.2, 0) is 31.6 Å². The van der Waals surface area contributed by atoms with Crippen molar-refractivity contribution in [1.29, 1.82) is 0 Å². The molecule has 31 heavy (non-hydrogen) atoms. The highest BCUT2D eigenvalue weighted by atomic mass is 31.3. The van der Waals surface area contributed by atoms with Crippen LogP contribution in [0.2, 0.25) is 0 Å². The molecule has 2 aromatic rings. The third-order valence-corrected chi connectivity index (χ3v) is 7.81. The summed E-state index contributed by atoms with van der Waals surface area (Å²) in [5.74, 6) is 0.0544. The van der Waals surface area contributed by atoms with E-state index in [0.717, 1.165) is 6.33 Å². The molecule has 0 aliphatic carbocycles. The molecule has 0 amide bonds. The summed E-state index contributed by atoms with van der Waals surface area (Å²) in [6.45, 7) is -0.901. The lowest BCUT2D eigenvalue weighted by atomic mass is 10.1. The van der Waals surface area contributed by atoms with E-state index in [9.17, 15) is 28.8 Å². The second kappa shape index (κ2) is 8.53. The largest absolute Gasteiger partial charge is 0.480 e. The van der Waals surface area contributed by atoms with Crippen LogP contribution in [0.25, 0.3) is 11.2 Å². The Bertz CT molecular complexity index is 1110. The van der Waals surface area contributed by atoms with E-state index in [4.69, 9.17) is 25.8 Å². The Hall–Kier alpha value is -1.36. The number of phosphoric acid groups is 2.